The first-order chi connectivity index (χ1) is 13.9. The molecule has 9 heteroatoms. The second kappa shape index (κ2) is 9.60. The number of nitrogens with one attached hydrogen (secondary N) is 1. The van der Waals surface area contributed by atoms with Gasteiger partial charge in [-0.15, -0.1) is 0 Å². The van der Waals surface area contributed by atoms with Crippen molar-refractivity contribution in [1.82, 2.24) is 5.32 Å². The van der Waals surface area contributed by atoms with Crippen LogP contribution in [0.4, 0.5) is 5.69 Å². The lowest BCUT2D eigenvalue weighted by atomic mass is 10.2. The van der Waals surface area contributed by atoms with Crippen molar-refractivity contribution in [2.75, 3.05) is 6.61 Å². The summed E-state index contributed by atoms with van der Waals surface area (Å²) in [6, 6.07) is 11.4. The molecule has 3 rings (SSSR count). The number of halogens is 2. The van der Waals surface area contributed by atoms with Crippen molar-refractivity contribution in [3.8, 4) is 5.75 Å². The maximum absolute atomic E-state index is 12.3. The Balaban J connectivity index is 1.79. The van der Waals surface area contributed by atoms with Crippen molar-refractivity contribution in [1.29, 1.82) is 0 Å². The zero-order valence-corrected chi connectivity index (χ0v) is 19.2. The molecule has 2 aromatic carbocycles. The quantitative estimate of drug-likeness (QED) is 0.497. The van der Waals surface area contributed by atoms with Crippen LogP contribution in [0, 0.1) is 0 Å². The molecule has 0 radical (unpaired) electrons. The Bertz CT molecular complexity index is 997. The van der Waals surface area contributed by atoms with E-state index in [-0.39, 0.29) is 5.91 Å². The Hall–Kier alpha value is -2.10. The maximum atomic E-state index is 12.3. The van der Waals surface area contributed by atoms with Gasteiger partial charge in [-0.3, -0.25) is 4.79 Å². The molecule has 1 fully saturated rings. The third-order valence-corrected chi connectivity index (χ3v) is 5.97. The molecule has 0 aliphatic carbocycles. The summed E-state index contributed by atoms with van der Waals surface area (Å²) >= 11 is 8.00. The number of aryl methyl sites for hydroxylation is 1. The predicted molar refractivity (Wildman–Crippen MR) is 122 cm³/mol. The number of carbonyl (C=O) groups is 2. The van der Waals surface area contributed by atoms with Gasteiger partial charge in [-0.1, -0.05) is 19.1 Å². The van der Waals surface area contributed by atoms with Gasteiger partial charge < -0.3 is 15.2 Å². The van der Waals surface area contributed by atoms with Gasteiger partial charge in [-0.2, -0.15) is 0 Å². The van der Waals surface area contributed by atoms with E-state index >= 15 is 0 Å². The normalized spacial score (nSPS) is 16.3. The molecule has 6 nitrogen and oxygen atoms in total. The fourth-order valence-electron chi connectivity index (χ4n) is 2.49. The summed E-state index contributed by atoms with van der Waals surface area (Å²) < 4.78 is 6.41. The third-order valence-electron chi connectivity index (χ3n) is 3.88. The highest BCUT2D eigenvalue weighted by molar-refractivity contribution is 9.11. The monoisotopic (exact) mass is 538 g/mol. The minimum absolute atomic E-state index is 0.225. The number of carboxylic acids is 1. The van der Waals surface area contributed by atoms with Crippen LogP contribution in [-0.4, -0.2) is 28.8 Å². The van der Waals surface area contributed by atoms with Crippen molar-refractivity contribution in [2.45, 2.75) is 13.3 Å². The number of thioether (sulfide) groups is 1. The molecule has 1 aliphatic heterocycles. The molecule has 1 amide bonds. The number of rotatable bonds is 6. The second-order valence-electron chi connectivity index (χ2n) is 6.00. The highest BCUT2D eigenvalue weighted by atomic mass is 79.9. The van der Waals surface area contributed by atoms with E-state index in [0.717, 1.165) is 17.7 Å². The molecule has 1 heterocycles. The van der Waals surface area contributed by atoms with Crippen LogP contribution in [0.1, 0.15) is 18.1 Å². The Labute approximate surface area is 188 Å². The summed E-state index contributed by atoms with van der Waals surface area (Å²) in [7, 11) is 0. The van der Waals surface area contributed by atoms with E-state index in [1.54, 1.807) is 18.2 Å². The van der Waals surface area contributed by atoms with E-state index in [2.05, 4.69) is 49.1 Å². The van der Waals surface area contributed by atoms with Crippen LogP contribution in [0.15, 0.2) is 55.2 Å². The van der Waals surface area contributed by atoms with Gasteiger partial charge in [0.15, 0.2) is 11.8 Å². The molecule has 2 aromatic rings. The fraction of sp³-hybridized carbons (Fsp3) is 0.150. The van der Waals surface area contributed by atoms with Gasteiger partial charge in [-0.25, -0.2) is 9.79 Å². The molecule has 0 bridgehead atoms. The Kier molecular flexibility index (Phi) is 7.15. The molecule has 29 heavy (non-hydrogen) atoms. The first-order valence-corrected chi connectivity index (χ1v) is 11.0. The molecule has 0 saturated carbocycles. The zero-order valence-electron chi connectivity index (χ0n) is 15.2. The number of amidine groups is 1. The number of carboxylic acid groups (broad SMARTS) is 1. The van der Waals surface area contributed by atoms with Crippen molar-refractivity contribution >= 4 is 72.4 Å². The lowest BCUT2D eigenvalue weighted by Crippen LogP contribution is -2.19. The predicted octanol–water partition coefficient (Wildman–Crippen LogP) is 5.13. The van der Waals surface area contributed by atoms with Crippen LogP contribution in [-0.2, 0) is 16.0 Å². The summed E-state index contributed by atoms with van der Waals surface area (Å²) in [6.45, 7) is 1.64. The molecular formula is C20H16Br2N2O4S. The summed E-state index contributed by atoms with van der Waals surface area (Å²) in [4.78, 5) is 28.0. The van der Waals surface area contributed by atoms with Crippen molar-refractivity contribution in [3.05, 3.63) is 61.4 Å². The summed E-state index contributed by atoms with van der Waals surface area (Å²) in [6.07, 6.45) is 2.69. The molecule has 0 unspecified atom stereocenters. The average Bonchev–Trinajstić information content (AvgIpc) is 3.00. The number of hydrogen-bond acceptors (Lipinski definition) is 5. The number of hydrogen-bond donors (Lipinski definition) is 2. The van der Waals surface area contributed by atoms with Crippen LogP contribution in [0.25, 0.3) is 6.08 Å². The molecular weight excluding hydrogens is 524 g/mol. The Morgan fingerprint density at radius 1 is 1.24 bits per heavy atom. The van der Waals surface area contributed by atoms with Gasteiger partial charge in [-0.05, 0) is 91.5 Å². The van der Waals surface area contributed by atoms with Crippen molar-refractivity contribution in [2.24, 2.45) is 4.99 Å². The number of aliphatic carboxylic acids is 1. The van der Waals surface area contributed by atoms with Gasteiger partial charge in [0, 0.05) is 0 Å². The maximum Gasteiger partial charge on any atom is 0.341 e. The molecule has 2 N–H and O–H groups in total. The summed E-state index contributed by atoms with van der Waals surface area (Å²) in [5.74, 6) is -0.904. The van der Waals surface area contributed by atoms with E-state index in [0.29, 0.717) is 24.8 Å². The molecule has 0 atom stereocenters. The number of aliphatic imine (C=N–C) groups is 1. The first-order valence-electron chi connectivity index (χ1n) is 8.58. The van der Waals surface area contributed by atoms with Crippen LogP contribution in [0.3, 0.4) is 0 Å². The van der Waals surface area contributed by atoms with Crippen molar-refractivity contribution < 1.29 is 19.4 Å². The summed E-state index contributed by atoms with van der Waals surface area (Å²) in [5, 5.41) is 12.0. The standard InChI is InChI=1S/C20H16Br2N2O4S/c1-2-11-3-5-13(6-4-11)23-20-24-19(27)16(29-20)9-12-7-14(21)18(15(22)8-12)28-10-17(25)26/h3-9H,2,10H2,1H3,(H,25,26)(H,23,24,27)/b16-9-. The van der Waals surface area contributed by atoms with Gasteiger partial charge >= 0.3 is 5.97 Å². The number of benzene rings is 2. The van der Waals surface area contributed by atoms with E-state index in [9.17, 15) is 9.59 Å². The van der Waals surface area contributed by atoms with Crippen LogP contribution in [0.5, 0.6) is 5.75 Å². The van der Waals surface area contributed by atoms with Crippen LogP contribution in [0.2, 0.25) is 0 Å². The average molecular weight is 540 g/mol. The lowest BCUT2D eigenvalue weighted by molar-refractivity contribution is -0.139. The third kappa shape index (κ3) is 5.71. The first kappa shape index (κ1) is 21.6. The van der Waals surface area contributed by atoms with Gasteiger partial charge in [0.25, 0.3) is 5.91 Å². The molecule has 150 valence electrons. The smallest absolute Gasteiger partial charge is 0.341 e. The Morgan fingerprint density at radius 3 is 2.48 bits per heavy atom. The number of ether oxygens (including phenoxy) is 1. The SMILES string of the molecule is CCc1ccc(N=C2NC(=O)/C(=C/c3cc(Br)c(OCC(=O)O)c(Br)c3)S2)cc1. The molecule has 1 saturated heterocycles. The van der Waals surface area contributed by atoms with E-state index in [1.807, 2.05) is 24.3 Å². The topological polar surface area (TPSA) is 88.0 Å². The fourth-order valence-corrected chi connectivity index (χ4v) is 4.78. The van der Waals surface area contributed by atoms with Gasteiger partial charge in [0.2, 0.25) is 0 Å². The minimum Gasteiger partial charge on any atom is -0.480 e. The minimum atomic E-state index is -1.06. The molecule has 0 spiro atoms. The zero-order chi connectivity index (χ0) is 21.0. The van der Waals surface area contributed by atoms with Gasteiger partial charge in [0.05, 0.1) is 19.5 Å². The highest BCUT2D eigenvalue weighted by Gasteiger charge is 2.24. The second-order valence-corrected chi connectivity index (χ2v) is 8.74. The Morgan fingerprint density at radius 2 is 1.90 bits per heavy atom. The van der Waals surface area contributed by atoms with Crippen molar-refractivity contribution in [3.63, 3.8) is 0 Å². The molecule has 1 aliphatic rings. The molecule has 0 aromatic heterocycles. The number of carbonyl (C=O) groups excluding carboxylic acids is 1. The van der Waals surface area contributed by atoms with Gasteiger partial charge in [0.1, 0.15) is 5.75 Å². The van der Waals surface area contributed by atoms with E-state index < -0.39 is 12.6 Å². The van der Waals surface area contributed by atoms with Crippen LogP contribution >= 0.6 is 43.6 Å². The number of nitrogens with zero attached hydrogens (tertiary/aromatic N) is 1. The largest absolute Gasteiger partial charge is 0.480 e. The lowest BCUT2D eigenvalue weighted by Gasteiger charge is -2.09. The number of amides is 1. The highest BCUT2D eigenvalue weighted by Crippen LogP contribution is 2.36. The van der Waals surface area contributed by atoms with E-state index in [1.165, 1.54) is 17.3 Å². The van der Waals surface area contributed by atoms with Crippen LogP contribution < -0.4 is 10.1 Å². The van der Waals surface area contributed by atoms with E-state index in [4.69, 9.17) is 9.84 Å². The summed E-state index contributed by atoms with van der Waals surface area (Å²) in [5.41, 5.74) is 2.75.